The summed E-state index contributed by atoms with van der Waals surface area (Å²) in [6.07, 6.45) is 4.98. The molecule has 1 N–H and O–H groups in total. The van der Waals surface area contributed by atoms with Crippen LogP contribution in [0.2, 0.25) is 0 Å². The maximum Gasteiger partial charge on any atom is 0.154 e. The summed E-state index contributed by atoms with van der Waals surface area (Å²) >= 11 is 0. The number of nitrogens with zero attached hydrogens (tertiary/aromatic N) is 4. The molecule has 0 radical (unpaired) electrons. The molecule has 0 amide bonds. The average molecular weight is 312 g/mol. The summed E-state index contributed by atoms with van der Waals surface area (Å²) < 4.78 is 14.9. The fourth-order valence-corrected chi connectivity index (χ4v) is 3.06. The second-order valence-corrected chi connectivity index (χ2v) is 5.86. The third-order valence-corrected chi connectivity index (χ3v) is 4.21. The van der Waals surface area contributed by atoms with Gasteiger partial charge < -0.3 is 10.0 Å². The van der Waals surface area contributed by atoms with Gasteiger partial charge in [-0.25, -0.2) is 13.9 Å². The molecule has 1 atom stereocenters. The summed E-state index contributed by atoms with van der Waals surface area (Å²) in [6, 6.07) is 8.25. The van der Waals surface area contributed by atoms with Crippen LogP contribution in [0.15, 0.2) is 42.7 Å². The third kappa shape index (κ3) is 2.66. The van der Waals surface area contributed by atoms with E-state index in [-0.39, 0.29) is 11.9 Å². The van der Waals surface area contributed by atoms with Gasteiger partial charge in [-0.1, -0.05) is 0 Å². The Morgan fingerprint density at radius 2 is 2.04 bits per heavy atom. The molecule has 1 saturated heterocycles. The zero-order valence-electron chi connectivity index (χ0n) is 12.6. The lowest BCUT2D eigenvalue weighted by atomic mass is 10.1. The lowest BCUT2D eigenvalue weighted by molar-refractivity contribution is 0.154. The van der Waals surface area contributed by atoms with Gasteiger partial charge in [0.2, 0.25) is 0 Å². The van der Waals surface area contributed by atoms with Crippen molar-refractivity contribution >= 4 is 11.3 Å². The van der Waals surface area contributed by atoms with E-state index in [1.807, 2.05) is 6.07 Å². The van der Waals surface area contributed by atoms with Gasteiger partial charge in [0.1, 0.15) is 11.3 Å². The highest BCUT2D eigenvalue weighted by molar-refractivity contribution is 5.75. The van der Waals surface area contributed by atoms with Crippen LogP contribution in [0.1, 0.15) is 12.8 Å². The number of hydrogen-bond donors (Lipinski definition) is 1. The van der Waals surface area contributed by atoms with E-state index in [0.29, 0.717) is 6.54 Å². The SMILES string of the molecule is OC1CCCN(c2nccn3nc(-c4ccc(F)cc4)cc23)C1. The molecule has 0 saturated carbocycles. The van der Waals surface area contributed by atoms with Crippen molar-refractivity contribution in [3.8, 4) is 11.3 Å². The summed E-state index contributed by atoms with van der Waals surface area (Å²) in [5.41, 5.74) is 2.53. The number of hydrogen-bond acceptors (Lipinski definition) is 4. The molecule has 0 aliphatic carbocycles. The van der Waals surface area contributed by atoms with Crippen molar-refractivity contribution in [2.45, 2.75) is 18.9 Å². The molecule has 23 heavy (non-hydrogen) atoms. The van der Waals surface area contributed by atoms with E-state index in [4.69, 9.17) is 0 Å². The van der Waals surface area contributed by atoms with Crippen LogP contribution in [0.5, 0.6) is 0 Å². The molecule has 1 aliphatic heterocycles. The quantitative estimate of drug-likeness (QED) is 0.790. The first-order valence-corrected chi connectivity index (χ1v) is 7.74. The molecule has 1 aliphatic rings. The number of fused-ring (bicyclic) bond motifs is 1. The summed E-state index contributed by atoms with van der Waals surface area (Å²) in [5.74, 6) is 0.564. The van der Waals surface area contributed by atoms with Gasteiger partial charge in [-0.15, -0.1) is 0 Å². The smallest absolute Gasteiger partial charge is 0.154 e. The Labute approximate surface area is 133 Å². The second kappa shape index (κ2) is 5.62. The second-order valence-electron chi connectivity index (χ2n) is 5.86. The summed E-state index contributed by atoms with van der Waals surface area (Å²) in [7, 11) is 0. The number of halogens is 1. The standard InChI is InChI=1S/C17H17FN4O/c18-13-5-3-12(4-6-13)15-10-16-17(19-7-9-22(16)20-15)21-8-1-2-14(23)11-21/h3-7,9-10,14,23H,1-2,8,11H2. The molecular weight excluding hydrogens is 295 g/mol. The average Bonchev–Trinajstić information content (AvgIpc) is 2.99. The Bertz CT molecular complexity index is 830. The fraction of sp³-hybridized carbons (Fsp3) is 0.294. The molecule has 1 unspecified atom stereocenters. The molecule has 3 aromatic rings. The monoisotopic (exact) mass is 312 g/mol. The topological polar surface area (TPSA) is 53.7 Å². The van der Waals surface area contributed by atoms with E-state index in [2.05, 4.69) is 15.0 Å². The first-order valence-electron chi connectivity index (χ1n) is 7.74. The third-order valence-electron chi connectivity index (χ3n) is 4.21. The zero-order valence-corrected chi connectivity index (χ0v) is 12.6. The van der Waals surface area contributed by atoms with Gasteiger partial charge in [0.25, 0.3) is 0 Å². The largest absolute Gasteiger partial charge is 0.391 e. The highest BCUT2D eigenvalue weighted by Crippen LogP contribution is 2.27. The number of β-amino-alcohol motifs (C(OH)–C–C–N with tert-alkyl or cyclic N) is 1. The predicted octanol–water partition coefficient (Wildman–Crippen LogP) is 2.50. The molecular formula is C17H17FN4O. The summed E-state index contributed by atoms with van der Waals surface area (Å²) in [6.45, 7) is 1.46. The van der Waals surface area contributed by atoms with Crippen LogP contribution >= 0.6 is 0 Å². The van der Waals surface area contributed by atoms with Gasteiger partial charge in [0.15, 0.2) is 5.82 Å². The summed E-state index contributed by atoms with van der Waals surface area (Å²) in [5, 5.41) is 14.4. The first kappa shape index (κ1) is 14.1. The van der Waals surface area contributed by atoms with Crippen LogP contribution in [0.25, 0.3) is 16.8 Å². The number of aliphatic hydroxyl groups excluding tert-OH is 1. The van der Waals surface area contributed by atoms with Crippen LogP contribution in [-0.4, -0.2) is 38.9 Å². The van der Waals surface area contributed by atoms with Gasteiger partial charge in [0.05, 0.1) is 11.8 Å². The van der Waals surface area contributed by atoms with Crippen LogP contribution in [0, 0.1) is 5.82 Å². The highest BCUT2D eigenvalue weighted by Gasteiger charge is 2.21. The molecule has 2 aromatic heterocycles. The van der Waals surface area contributed by atoms with E-state index in [1.54, 1.807) is 29.0 Å². The van der Waals surface area contributed by atoms with Crippen molar-refractivity contribution in [1.29, 1.82) is 0 Å². The number of aromatic nitrogens is 3. The maximum atomic E-state index is 13.1. The zero-order chi connectivity index (χ0) is 15.8. The lowest BCUT2D eigenvalue weighted by Gasteiger charge is -2.31. The molecule has 118 valence electrons. The van der Waals surface area contributed by atoms with Crippen molar-refractivity contribution in [2.24, 2.45) is 0 Å². The van der Waals surface area contributed by atoms with Gasteiger partial charge >= 0.3 is 0 Å². The Hall–Kier alpha value is -2.47. The fourth-order valence-electron chi connectivity index (χ4n) is 3.06. The van der Waals surface area contributed by atoms with Crippen LogP contribution in [0.3, 0.4) is 0 Å². The predicted molar refractivity (Wildman–Crippen MR) is 85.8 cm³/mol. The van der Waals surface area contributed by atoms with Gasteiger partial charge in [0, 0.05) is 31.0 Å². The van der Waals surface area contributed by atoms with Gasteiger partial charge in [-0.05, 0) is 43.2 Å². The molecule has 4 rings (SSSR count). The number of benzene rings is 1. The normalized spacial score (nSPS) is 18.5. The minimum Gasteiger partial charge on any atom is -0.391 e. The van der Waals surface area contributed by atoms with Crippen molar-refractivity contribution in [3.63, 3.8) is 0 Å². The van der Waals surface area contributed by atoms with Crippen molar-refractivity contribution < 1.29 is 9.50 Å². The van der Waals surface area contributed by atoms with Crippen LogP contribution in [-0.2, 0) is 0 Å². The minimum absolute atomic E-state index is 0.262. The molecule has 5 nitrogen and oxygen atoms in total. The lowest BCUT2D eigenvalue weighted by Crippen LogP contribution is -2.38. The van der Waals surface area contributed by atoms with E-state index in [0.717, 1.165) is 42.0 Å². The summed E-state index contributed by atoms with van der Waals surface area (Å²) in [4.78, 5) is 6.58. The first-order chi connectivity index (χ1) is 11.2. The van der Waals surface area contributed by atoms with E-state index >= 15 is 0 Å². The molecule has 1 fully saturated rings. The highest BCUT2D eigenvalue weighted by atomic mass is 19.1. The van der Waals surface area contributed by atoms with E-state index in [1.165, 1.54) is 12.1 Å². The van der Waals surface area contributed by atoms with Gasteiger partial charge in [-0.3, -0.25) is 0 Å². The Kier molecular flexibility index (Phi) is 3.46. The number of rotatable bonds is 2. The van der Waals surface area contributed by atoms with E-state index < -0.39 is 0 Å². The van der Waals surface area contributed by atoms with Crippen LogP contribution < -0.4 is 4.90 Å². The number of anilines is 1. The molecule has 1 aromatic carbocycles. The Balaban J connectivity index is 1.76. The van der Waals surface area contributed by atoms with Crippen molar-refractivity contribution in [3.05, 3.63) is 48.5 Å². The molecule has 3 heterocycles. The maximum absolute atomic E-state index is 13.1. The van der Waals surface area contributed by atoms with Gasteiger partial charge in [-0.2, -0.15) is 5.10 Å². The molecule has 6 heteroatoms. The van der Waals surface area contributed by atoms with Crippen molar-refractivity contribution in [2.75, 3.05) is 18.0 Å². The van der Waals surface area contributed by atoms with Crippen LogP contribution in [0.4, 0.5) is 10.2 Å². The Morgan fingerprint density at radius 3 is 2.83 bits per heavy atom. The molecule has 0 bridgehead atoms. The molecule has 0 spiro atoms. The van der Waals surface area contributed by atoms with Crippen molar-refractivity contribution in [1.82, 2.24) is 14.6 Å². The minimum atomic E-state index is -0.315. The Morgan fingerprint density at radius 1 is 1.22 bits per heavy atom. The number of aliphatic hydroxyl groups is 1. The number of piperidine rings is 1. The van der Waals surface area contributed by atoms with E-state index in [9.17, 15) is 9.50 Å².